The zero-order valence-electron chi connectivity index (χ0n) is 11.8. The highest BCUT2D eigenvalue weighted by molar-refractivity contribution is 5.51. The summed E-state index contributed by atoms with van der Waals surface area (Å²) >= 11 is 0. The molecular weight excluding hydrogens is 274 g/mol. The Morgan fingerprint density at radius 3 is 3.10 bits per heavy atom. The number of rotatable bonds is 5. The predicted octanol–water partition coefficient (Wildman–Crippen LogP) is 1.57. The summed E-state index contributed by atoms with van der Waals surface area (Å²) in [6.45, 7) is 5.55. The van der Waals surface area contributed by atoms with Gasteiger partial charge in [-0.3, -0.25) is 15.0 Å². The smallest absolute Gasteiger partial charge is 0.312 e. The molecule has 0 aliphatic carbocycles. The van der Waals surface area contributed by atoms with Gasteiger partial charge in [-0.25, -0.2) is 0 Å². The monoisotopic (exact) mass is 291 g/mol. The van der Waals surface area contributed by atoms with E-state index in [-0.39, 0.29) is 29.7 Å². The Kier molecular flexibility index (Phi) is 5.09. The van der Waals surface area contributed by atoms with E-state index in [1.165, 1.54) is 18.2 Å². The third-order valence-corrected chi connectivity index (χ3v) is 3.38. The maximum Gasteiger partial charge on any atom is 0.312 e. The summed E-state index contributed by atoms with van der Waals surface area (Å²) in [5, 5.41) is 19.8. The van der Waals surface area contributed by atoms with Crippen LogP contribution in [0.5, 0.6) is 5.75 Å². The first-order valence-electron chi connectivity index (χ1n) is 6.79. The minimum atomic E-state index is -0.545. The zero-order valence-corrected chi connectivity index (χ0v) is 11.8. The second-order valence-corrected chi connectivity index (χ2v) is 4.75. The molecule has 0 spiro atoms. The molecule has 0 radical (unpaired) electrons. The lowest BCUT2D eigenvalue weighted by Gasteiger charge is -2.31. The van der Waals surface area contributed by atoms with E-state index in [2.05, 4.69) is 11.8 Å². The Hall–Kier alpha value is -2.17. The molecule has 1 fully saturated rings. The van der Waals surface area contributed by atoms with Crippen LogP contribution < -0.4 is 4.74 Å². The minimum Gasteiger partial charge on any atom is -0.484 e. The van der Waals surface area contributed by atoms with Crippen molar-refractivity contribution in [1.29, 1.82) is 5.26 Å². The van der Waals surface area contributed by atoms with E-state index in [1.807, 2.05) is 6.07 Å². The van der Waals surface area contributed by atoms with Crippen LogP contribution in [0.4, 0.5) is 5.69 Å². The van der Waals surface area contributed by atoms with Crippen molar-refractivity contribution >= 4 is 5.69 Å². The Bertz CT molecular complexity index is 556. The number of benzene rings is 1. The molecule has 7 nitrogen and oxygen atoms in total. The van der Waals surface area contributed by atoms with Crippen molar-refractivity contribution in [3.8, 4) is 11.8 Å². The number of hydrogen-bond donors (Lipinski definition) is 0. The van der Waals surface area contributed by atoms with Crippen molar-refractivity contribution in [3.63, 3.8) is 0 Å². The van der Waals surface area contributed by atoms with E-state index in [9.17, 15) is 10.1 Å². The van der Waals surface area contributed by atoms with E-state index in [1.54, 1.807) is 0 Å². The highest BCUT2D eigenvalue weighted by Crippen LogP contribution is 2.28. The molecule has 0 N–H and O–H groups in total. The number of nitrogens with zero attached hydrogens (tertiary/aromatic N) is 3. The molecule has 0 aromatic heterocycles. The molecule has 1 aromatic rings. The lowest BCUT2D eigenvalue weighted by atomic mass is 10.2. The summed E-state index contributed by atoms with van der Waals surface area (Å²) in [6.07, 6.45) is -0.103. The lowest BCUT2D eigenvalue weighted by Crippen LogP contribution is -2.44. The van der Waals surface area contributed by atoms with Gasteiger partial charge in [0.15, 0.2) is 5.75 Å². The summed E-state index contributed by atoms with van der Waals surface area (Å²) < 4.78 is 11.1. The van der Waals surface area contributed by atoms with E-state index in [4.69, 9.17) is 14.7 Å². The van der Waals surface area contributed by atoms with E-state index < -0.39 is 4.92 Å². The molecule has 0 bridgehead atoms. The van der Waals surface area contributed by atoms with Gasteiger partial charge in [-0.2, -0.15) is 5.26 Å². The quantitative estimate of drug-likeness (QED) is 0.604. The van der Waals surface area contributed by atoms with Crippen molar-refractivity contribution in [2.45, 2.75) is 13.0 Å². The van der Waals surface area contributed by atoms with Crippen molar-refractivity contribution in [3.05, 3.63) is 33.9 Å². The fourth-order valence-corrected chi connectivity index (χ4v) is 2.20. The van der Waals surface area contributed by atoms with Gasteiger partial charge in [0, 0.05) is 19.2 Å². The first kappa shape index (κ1) is 15.2. The Morgan fingerprint density at radius 1 is 1.62 bits per heavy atom. The highest BCUT2D eigenvalue weighted by Gasteiger charge is 2.22. The number of morpholine rings is 1. The van der Waals surface area contributed by atoms with Crippen LogP contribution in [0.25, 0.3) is 0 Å². The van der Waals surface area contributed by atoms with Crippen LogP contribution in [0.15, 0.2) is 18.2 Å². The van der Waals surface area contributed by atoms with Crippen LogP contribution in [-0.4, -0.2) is 48.8 Å². The summed E-state index contributed by atoms with van der Waals surface area (Å²) in [7, 11) is 0. The molecule has 1 saturated heterocycles. The molecule has 1 aliphatic heterocycles. The normalized spacial score (nSPS) is 19.0. The van der Waals surface area contributed by atoms with Crippen molar-refractivity contribution in [2.24, 2.45) is 0 Å². The van der Waals surface area contributed by atoms with Crippen molar-refractivity contribution in [2.75, 3.05) is 32.8 Å². The third-order valence-electron chi connectivity index (χ3n) is 3.38. The first-order valence-corrected chi connectivity index (χ1v) is 6.79. The molecule has 0 saturated carbocycles. The average Bonchev–Trinajstić information content (AvgIpc) is 2.52. The molecule has 2 rings (SSSR count). The number of nitro groups is 1. The minimum absolute atomic E-state index is 0.103. The molecule has 1 aromatic carbocycles. The van der Waals surface area contributed by atoms with Gasteiger partial charge in [0.25, 0.3) is 0 Å². The molecule has 7 heteroatoms. The lowest BCUT2D eigenvalue weighted by molar-refractivity contribution is -0.386. The number of ether oxygens (including phenoxy) is 2. The molecular formula is C14H17N3O4. The number of hydrogen-bond acceptors (Lipinski definition) is 6. The maximum absolute atomic E-state index is 11.0. The molecule has 112 valence electrons. The fraction of sp³-hybridized carbons (Fsp3) is 0.500. The van der Waals surface area contributed by atoms with E-state index in [0.29, 0.717) is 6.61 Å². The second kappa shape index (κ2) is 7.02. The van der Waals surface area contributed by atoms with Crippen molar-refractivity contribution < 1.29 is 14.4 Å². The second-order valence-electron chi connectivity index (χ2n) is 4.75. The van der Waals surface area contributed by atoms with Crippen molar-refractivity contribution in [1.82, 2.24) is 4.90 Å². The largest absolute Gasteiger partial charge is 0.484 e. The average molecular weight is 291 g/mol. The topological polar surface area (TPSA) is 88.6 Å². The Morgan fingerprint density at radius 2 is 2.43 bits per heavy atom. The Labute approximate surface area is 122 Å². The molecule has 21 heavy (non-hydrogen) atoms. The Balaban J connectivity index is 2.03. The van der Waals surface area contributed by atoms with Gasteiger partial charge in [0.05, 0.1) is 23.2 Å². The predicted molar refractivity (Wildman–Crippen MR) is 75.2 cm³/mol. The van der Waals surface area contributed by atoms with Crippen LogP contribution in [0.2, 0.25) is 0 Å². The molecule has 0 amide bonds. The van der Waals surface area contributed by atoms with Gasteiger partial charge < -0.3 is 9.47 Å². The highest BCUT2D eigenvalue weighted by atomic mass is 16.6. The van der Waals surface area contributed by atoms with Crippen LogP contribution in [0, 0.1) is 21.4 Å². The van der Waals surface area contributed by atoms with Crippen LogP contribution >= 0.6 is 0 Å². The van der Waals surface area contributed by atoms with Gasteiger partial charge in [0.1, 0.15) is 12.7 Å². The molecule has 1 aliphatic rings. The number of likely N-dealkylation sites (N-methyl/N-ethyl adjacent to an activating group) is 1. The van der Waals surface area contributed by atoms with E-state index in [0.717, 1.165) is 19.6 Å². The summed E-state index contributed by atoms with van der Waals surface area (Å²) in [5.74, 6) is 0.163. The van der Waals surface area contributed by atoms with Gasteiger partial charge in [0.2, 0.25) is 0 Å². The standard InChI is InChI=1S/C14H17N3O4/c1-2-16-5-6-20-12(9-16)10-21-14-4-3-11(8-15)7-13(14)17(18)19/h3-4,7,12H,2,5-6,9-10H2,1H3. The maximum atomic E-state index is 11.0. The number of nitriles is 1. The van der Waals surface area contributed by atoms with E-state index >= 15 is 0 Å². The summed E-state index contributed by atoms with van der Waals surface area (Å²) in [6, 6.07) is 6.05. The van der Waals surface area contributed by atoms with Gasteiger partial charge in [-0.15, -0.1) is 0 Å². The number of nitro benzene ring substituents is 1. The third kappa shape index (κ3) is 3.90. The van der Waals surface area contributed by atoms with Gasteiger partial charge in [-0.05, 0) is 18.7 Å². The zero-order chi connectivity index (χ0) is 15.2. The van der Waals surface area contributed by atoms with Crippen LogP contribution in [0.1, 0.15) is 12.5 Å². The first-order chi connectivity index (χ1) is 10.1. The fourth-order valence-electron chi connectivity index (χ4n) is 2.20. The van der Waals surface area contributed by atoms with Gasteiger partial charge >= 0.3 is 5.69 Å². The van der Waals surface area contributed by atoms with Crippen LogP contribution in [-0.2, 0) is 4.74 Å². The van der Waals surface area contributed by atoms with Crippen LogP contribution in [0.3, 0.4) is 0 Å². The molecule has 1 atom stereocenters. The molecule has 1 unspecified atom stereocenters. The SMILES string of the molecule is CCN1CCOC(COc2ccc(C#N)cc2[N+](=O)[O-])C1. The summed E-state index contributed by atoms with van der Waals surface area (Å²) in [4.78, 5) is 12.7. The summed E-state index contributed by atoms with van der Waals surface area (Å²) in [5.41, 5.74) is 0.0392. The molecule has 1 heterocycles. The van der Waals surface area contributed by atoms with Gasteiger partial charge in [-0.1, -0.05) is 6.92 Å².